The Labute approximate surface area is 131 Å². The SMILES string of the molecule is CO[C@@H]1CC(c2ncc[nH]2)N(C(=O)c2ccc3[nH]cnc3n2)C1. The lowest BCUT2D eigenvalue weighted by Gasteiger charge is -2.22. The molecule has 0 radical (unpaired) electrons. The summed E-state index contributed by atoms with van der Waals surface area (Å²) in [6.45, 7) is 0.515. The van der Waals surface area contributed by atoms with Crippen molar-refractivity contribution in [3.63, 3.8) is 0 Å². The first-order valence-corrected chi connectivity index (χ1v) is 7.39. The molecular formula is C15H16N6O2. The van der Waals surface area contributed by atoms with Gasteiger partial charge in [-0.3, -0.25) is 4.79 Å². The topological polar surface area (TPSA) is 99.8 Å². The number of hydrogen-bond acceptors (Lipinski definition) is 5. The van der Waals surface area contributed by atoms with Gasteiger partial charge in [0.15, 0.2) is 5.65 Å². The Balaban J connectivity index is 1.67. The number of hydrogen-bond donors (Lipinski definition) is 2. The molecule has 0 aliphatic carbocycles. The van der Waals surface area contributed by atoms with Crippen LogP contribution in [0.5, 0.6) is 0 Å². The number of rotatable bonds is 3. The summed E-state index contributed by atoms with van der Waals surface area (Å²) in [5.74, 6) is 0.620. The van der Waals surface area contributed by atoms with E-state index in [1.54, 1.807) is 36.8 Å². The number of likely N-dealkylation sites (tertiary alicyclic amines) is 1. The summed E-state index contributed by atoms with van der Waals surface area (Å²) in [5, 5.41) is 0. The number of ether oxygens (including phenoxy) is 1. The molecule has 2 N–H and O–H groups in total. The smallest absolute Gasteiger partial charge is 0.273 e. The van der Waals surface area contributed by atoms with E-state index in [2.05, 4.69) is 24.9 Å². The third-order valence-electron chi connectivity index (χ3n) is 4.19. The number of amides is 1. The number of aromatic amines is 2. The average Bonchev–Trinajstić information content (AvgIpc) is 3.31. The minimum absolute atomic E-state index is 0.0110. The van der Waals surface area contributed by atoms with E-state index in [0.29, 0.717) is 24.3 Å². The normalized spacial score (nSPS) is 21.2. The summed E-state index contributed by atoms with van der Waals surface area (Å²) >= 11 is 0. The van der Waals surface area contributed by atoms with Gasteiger partial charge in [0.2, 0.25) is 0 Å². The highest BCUT2D eigenvalue weighted by Crippen LogP contribution is 2.32. The molecule has 1 aliphatic heterocycles. The molecular weight excluding hydrogens is 296 g/mol. The van der Waals surface area contributed by atoms with Crippen LogP contribution in [0.25, 0.3) is 11.2 Å². The van der Waals surface area contributed by atoms with E-state index < -0.39 is 0 Å². The quantitative estimate of drug-likeness (QED) is 0.759. The predicted octanol–water partition coefficient (Wildman–Crippen LogP) is 1.28. The Morgan fingerprint density at radius 3 is 3.04 bits per heavy atom. The number of carbonyl (C=O) groups excluding carboxylic acids is 1. The molecule has 8 heteroatoms. The molecule has 8 nitrogen and oxygen atoms in total. The maximum absolute atomic E-state index is 12.9. The van der Waals surface area contributed by atoms with Crippen molar-refractivity contribution in [2.24, 2.45) is 0 Å². The highest BCUT2D eigenvalue weighted by Gasteiger charge is 2.38. The molecule has 23 heavy (non-hydrogen) atoms. The van der Waals surface area contributed by atoms with Gasteiger partial charge in [-0.2, -0.15) is 0 Å². The number of methoxy groups -OCH3 is 1. The highest BCUT2D eigenvalue weighted by atomic mass is 16.5. The fraction of sp³-hybridized carbons (Fsp3) is 0.333. The van der Waals surface area contributed by atoms with Gasteiger partial charge >= 0.3 is 0 Å². The lowest BCUT2D eigenvalue weighted by Crippen LogP contribution is -2.33. The Morgan fingerprint density at radius 1 is 1.35 bits per heavy atom. The standard InChI is InChI=1S/C15H16N6O2/c1-23-9-6-12(14-16-4-5-17-14)21(7-9)15(22)11-3-2-10-13(20-11)19-8-18-10/h2-5,8-9,12H,6-7H2,1H3,(H,16,17)(H,18,19,20)/t9-,12?/m1/s1. The highest BCUT2D eigenvalue weighted by molar-refractivity contribution is 5.94. The zero-order chi connectivity index (χ0) is 15.8. The second kappa shape index (κ2) is 5.47. The van der Waals surface area contributed by atoms with E-state index in [4.69, 9.17) is 4.74 Å². The molecule has 0 aromatic carbocycles. The van der Waals surface area contributed by atoms with Gasteiger partial charge in [0.1, 0.15) is 11.5 Å². The first kappa shape index (κ1) is 13.9. The van der Waals surface area contributed by atoms with Crippen LogP contribution in [0.4, 0.5) is 0 Å². The van der Waals surface area contributed by atoms with Gasteiger partial charge in [0.05, 0.1) is 24.0 Å². The predicted molar refractivity (Wildman–Crippen MR) is 81.7 cm³/mol. The van der Waals surface area contributed by atoms with Crippen LogP contribution < -0.4 is 0 Å². The van der Waals surface area contributed by atoms with E-state index in [1.165, 1.54) is 0 Å². The van der Waals surface area contributed by atoms with Gasteiger partial charge in [-0.15, -0.1) is 0 Å². The molecule has 3 aromatic heterocycles. The van der Waals surface area contributed by atoms with Crippen molar-refractivity contribution in [2.45, 2.75) is 18.6 Å². The van der Waals surface area contributed by atoms with E-state index in [1.807, 2.05) is 6.07 Å². The van der Waals surface area contributed by atoms with Gasteiger partial charge in [-0.05, 0) is 12.1 Å². The van der Waals surface area contributed by atoms with Crippen molar-refractivity contribution >= 4 is 17.1 Å². The molecule has 1 amide bonds. The maximum atomic E-state index is 12.9. The van der Waals surface area contributed by atoms with Gasteiger partial charge in [0, 0.05) is 32.5 Å². The summed E-state index contributed by atoms with van der Waals surface area (Å²) in [6.07, 6.45) is 5.70. The maximum Gasteiger partial charge on any atom is 0.273 e. The molecule has 3 aromatic rings. The van der Waals surface area contributed by atoms with Gasteiger partial charge in [-0.1, -0.05) is 0 Å². The number of pyridine rings is 1. The lowest BCUT2D eigenvalue weighted by molar-refractivity contribution is 0.0679. The molecule has 1 fully saturated rings. The van der Waals surface area contributed by atoms with Crippen LogP contribution >= 0.6 is 0 Å². The zero-order valence-corrected chi connectivity index (χ0v) is 12.6. The second-order valence-corrected chi connectivity index (χ2v) is 5.51. The monoisotopic (exact) mass is 312 g/mol. The number of carbonyl (C=O) groups is 1. The third-order valence-corrected chi connectivity index (χ3v) is 4.19. The van der Waals surface area contributed by atoms with E-state index in [9.17, 15) is 4.79 Å². The fourth-order valence-corrected chi connectivity index (χ4v) is 3.00. The molecule has 1 unspecified atom stereocenters. The van der Waals surface area contributed by atoms with E-state index in [0.717, 1.165) is 11.3 Å². The van der Waals surface area contributed by atoms with Gasteiger partial charge < -0.3 is 19.6 Å². The lowest BCUT2D eigenvalue weighted by atomic mass is 10.2. The van der Waals surface area contributed by atoms with Crippen LogP contribution in [0.1, 0.15) is 28.8 Å². The number of H-pyrrole nitrogens is 2. The Morgan fingerprint density at radius 2 is 2.26 bits per heavy atom. The number of aromatic nitrogens is 5. The first-order chi connectivity index (χ1) is 11.3. The van der Waals surface area contributed by atoms with Crippen molar-refractivity contribution in [1.82, 2.24) is 29.8 Å². The average molecular weight is 312 g/mol. The van der Waals surface area contributed by atoms with Crippen molar-refractivity contribution in [3.05, 3.63) is 42.4 Å². The number of nitrogens with zero attached hydrogens (tertiary/aromatic N) is 4. The van der Waals surface area contributed by atoms with Crippen LogP contribution in [0.15, 0.2) is 30.9 Å². The molecule has 0 bridgehead atoms. The molecule has 0 saturated carbocycles. The molecule has 1 aliphatic rings. The van der Waals surface area contributed by atoms with Crippen LogP contribution in [-0.2, 0) is 4.74 Å². The summed E-state index contributed by atoms with van der Waals surface area (Å²) in [4.78, 5) is 33.5. The van der Waals surface area contributed by atoms with Crippen LogP contribution in [0.2, 0.25) is 0 Å². The van der Waals surface area contributed by atoms with Crippen molar-refractivity contribution in [2.75, 3.05) is 13.7 Å². The minimum Gasteiger partial charge on any atom is -0.380 e. The Kier molecular flexibility index (Phi) is 3.30. The molecule has 4 heterocycles. The molecule has 1 saturated heterocycles. The summed E-state index contributed by atoms with van der Waals surface area (Å²) in [7, 11) is 1.66. The summed E-state index contributed by atoms with van der Waals surface area (Å²) < 4.78 is 5.44. The Hall–Kier alpha value is -2.74. The number of fused-ring (bicyclic) bond motifs is 1. The van der Waals surface area contributed by atoms with Gasteiger partial charge in [0.25, 0.3) is 5.91 Å². The molecule has 118 valence electrons. The van der Waals surface area contributed by atoms with Crippen LogP contribution in [0, 0.1) is 0 Å². The minimum atomic E-state index is -0.143. The van der Waals surface area contributed by atoms with Gasteiger partial charge in [-0.25, -0.2) is 15.0 Å². The molecule has 4 rings (SSSR count). The van der Waals surface area contributed by atoms with Crippen molar-refractivity contribution in [3.8, 4) is 0 Å². The number of nitrogens with one attached hydrogen (secondary N) is 2. The number of imidazole rings is 2. The Bertz CT molecular complexity index is 827. The second-order valence-electron chi connectivity index (χ2n) is 5.51. The van der Waals surface area contributed by atoms with Crippen molar-refractivity contribution < 1.29 is 9.53 Å². The largest absolute Gasteiger partial charge is 0.380 e. The van der Waals surface area contributed by atoms with Crippen LogP contribution in [0.3, 0.4) is 0 Å². The van der Waals surface area contributed by atoms with E-state index in [-0.39, 0.29) is 18.1 Å². The summed E-state index contributed by atoms with van der Waals surface area (Å²) in [5.41, 5.74) is 1.71. The zero-order valence-electron chi connectivity index (χ0n) is 12.6. The third kappa shape index (κ3) is 2.36. The fourth-order valence-electron chi connectivity index (χ4n) is 3.00. The first-order valence-electron chi connectivity index (χ1n) is 7.39. The molecule has 0 spiro atoms. The van der Waals surface area contributed by atoms with Crippen LogP contribution in [-0.4, -0.2) is 55.5 Å². The van der Waals surface area contributed by atoms with Crippen molar-refractivity contribution in [1.29, 1.82) is 0 Å². The van der Waals surface area contributed by atoms with E-state index >= 15 is 0 Å². The molecule has 2 atom stereocenters. The summed E-state index contributed by atoms with van der Waals surface area (Å²) in [6, 6.07) is 3.38.